The molecule has 184 valence electrons. The molecule has 0 radical (unpaired) electrons. The van der Waals surface area contributed by atoms with Crippen LogP contribution in [0.1, 0.15) is 45.9 Å². The molecule has 7 nitrogen and oxygen atoms in total. The predicted octanol–water partition coefficient (Wildman–Crippen LogP) is 4.19. The van der Waals surface area contributed by atoms with Crippen molar-refractivity contribution < 1.29 is 14.0 Å². The third-order valence-corrected chi connectivity index (χ3v) is 7.02. The van der Waals surface area contributed by atoms with Crippen molar-refractivity contribution in [2.24, 2.45) is 16.8 Å². The molecule has 0 bridgehead atoms. The summed E-state index contributed by atoms with van der Waals surface area (Å²) >= 11 is 6.33. The minimum atomic E-state index is -0.464. The van der Waals surface area contributed by atoms with Crippen LogP contribution in [-0.2, 0) is 11.2 Å². The van der Waals surface area contributed by atoms with E-state index in [-0.39, 0.29) is 36.6 Å². The number of fused-ring (bicyclic) bond motifs is 3. The largest absolute Gasteiger partial charge is 0.398 e. The molecule has 2 amide bonds. The number of primary amides is 1. The number of nitrogens with two attached hydrogens (primary N) is 2. The van der Waals surface area contributed by atoms with E-state index < -0.39 is 5.91 Å². The summed E-state index contributed by atoms with van der Waals surface area (Å²) in [5.41, 5.74) is 16.7. The van der Waals surface area contributed by atoms with Gasteiger partial charge in [-0.1, -0.05) is 29.8 Å². The highest BCUT2D eigenvalue weighted by Crippen LogP contribution is 2.46. The number of anilines is 2. The number of hydrazone groups is 1. The SMILES string of the molecule is NC(=O)CCNC(=O)c1ccc2c(c1)CC[C@H]1C2=NN(c2ccc(N)c(Cl)c2)[C@H]1c1ccc(F)cc1. The summed E-state index contributed by atoms with van der Waals surface area (Å²) in [6.45, 7) is 0.193. The van der Waals surface area contributed by atoms with Gasteiger partial charge in [0.2, 0.25) is 5.91 Å². The summed E-state index contributed by atoms with van der Waals surface area (Å²) < 4.78 is 13.7. The van der Waals surface area contributed by atoms with Crippen molar-refractivity contribution in [3.63, 3.8) is 0 Å². The van der Waals surface area contributed by atoms with Crippen molar-refractivity contribution in [1.82, 2.24) is 5.32 Å². The Morgan fingerprint density at radius 2 is 1.89 bits per heavy atom. The van der Waals surface area contributed by atoms with Crippen molar-refractivity contribution in [2.45, 2.75) is 25.3 Å². The average molecular weight is 506 g/mol. The molecule has 1 aliphatic heterocycles. The predicted molar refractivity (Wildman–Crippen MR) is 138 cm³/mol. The van der Waals surface area contributed by atoms with Gasteiger partial charge in [0.15, 0.2) is 0 Å². The maximum atomic E-state index is 13.7. The molecule has 5 N–H and O–H groups in total. The number of carbonyl (C=O) groups excluding carboxylic acids is 2. The summed E-state index contributed by atoms with van der Waals surface area (Å²) in [6, 6.07) is 17.3. The number of halogens is 2. The normalized spacial score (nSPS) is 18.3. The van der Waals surface area contributed by atoms with Crippen LogP contribution < -0.4 is 21.8 Å². The molecule has 3 aromatic rings. The van der Waals surface area contributed by atoms with E-state index in [1.807, 2.05) is 23.2 Å². The van der Waals surface area contributed by atoms with Gasteiger partial charge in [-0.05, 0) is 66.4 Å². The number of nitrogens with zero attached hydrogens (tertiary/aromatic N) is 2. The molecule has 0 unspecified atom stereocenters. The number of nitrogens with one attached hydrogen (secondary N) is 1. The quantitative estimate of drug-likeness (QED) is 0.436. The van der Waals surface area contributed by atoms with Crippen molar-refractivity contribution in [3.05, 3.63) is 93.8 Å². The molecular formula is C27H25ClFN5O2. The fraction of sp³-hybridized carbons (Fsp3) is 0.222. The average Bonchev–Trinajstić information content (AvgIpc) is 3.25. The number of rotatable bonds is 6. The number of nitrogen functional groups attached to an aromatic ring is 1. The first-order valence-corrected chi connectivity index (χ1v) is 12.1. The van der Waals surface area contributed by atoms with Crippen LogP contribution in [0.2, 0.25) is 5.02 Å². The molecule has 5 rings (SSSR count). The Hall–Kier alpha value is -3.91. The maximum absolute atomic E-state index is 13.7. The summed E-state index contributed by atoms with van der Waals surface area (Å²) in [5, 5.41) is 10.1. The van der Waals surface area contributed by atoms with Crippen molar-refractivity contribution in [1.29, 1.82) is 0 Å². The second-order valence-electron chi connectivity index (χ2n) is 9.02. The lowest BCUT2D eigenvalue weighted by atomic mass is 9.77. The molecule has 9 heteroatoms. The van der Waals surface area contributed by atoms with Crippen molar-refractivity contribution in [2.75, 3.05) is 17.3 Å². The molecule has 0 saturated carbocycles. The van der Waals surface area contributed by atoms with Crippen molar-refractivity contribution in [3.8, 4) is 0 Å². The molecule has 3 aromatic carbocycles. The van der Waals surface area contributed by atoms with E-state index in [4.69, 9.17) is 28.2 Å². The summed E-state index contributed by atoms with van der Waals surface area (Å²) in [6.07, 6.45) is 1.65. The molecular weight excluding hydrogens is 481 g/mol. The van der Waals surface area contributed by atoms with E-state index in [0.717, 1.165) is 40.9 Å². The lowest BCUT2D eigenvalue weighted by Gasteiger charge is -2.31. The van der Waals surface area contributed by atoms with Crippen LogP contribution in [0.5, 0.6) is 0 Å². The lowest BCUT2D eigenvalue weighted by molar-refractivity contribution is -0.117. The van der Waals surface area contributed by atoms with Crippen LogP contribution in [0.25, 0.3) is 0 Å². The topological polar surface area (TPSA) is 114 Å². The second kappa shape index (κ2) is 9.62. The Morgan fingerprint density at radius 1 is 1.11 bits per heavy atom. The highest BCUT2D eigenvalue weighted by molar-refractivity contribution is 6.33. The molecule has 2 aliphatic rings. The first-order valence-electron chi connectivity index (χ1n) is 11.7. The Labute approximate surface area is 212 Å². The van der Waals surface area contributed by atoms with Gasteiger partial charge in [0.25, 0.3) is 5.91 Å². The lowest BCUT2D eigenvalue weighted by Crippen LogP contribution is -2.30. The molecule has 0 aromatic heterocycles. The van der Waals surface area contributed by atoms with Gasteiger partial charge in [0.05, 0.1) is 28.2 Å². The van der Waals surface area contributed by atoms with Crippen LogP contribution in [-0.4, -0.2) is 24.1 Å². The molecule has 36 heavy (non-hydrogen) atoms. The van der Waals surface area contributed by atoms with Gasteiger partial charge in [-0.2, -0.15) is 5.10 Å². The van der Waals surface area contributed by atoms with Crippen LogP contribution in [0, 0.1) is 11.7 Å². The second-order valence-corrected chi connectivity index (χ2v) is 9.43. The third-order valence-electron chi connectivity index (χ3n) is 6.70. The van der Waals surface area contributed by atoms with E-state index in [1.165, 1.54) is 12.1 Å². The zero-order valence-corrected chi connectivity index (χ0v) is 20.1. The molecule has 1 aliphatic carbocycles. The highest BCUT2D eigenvalue weighted by atomic mass is 35.5. The van der Waals surface area contributed by atoms with E-state index in [2.05, 4.69) is 5.32 Å². The highest BCUT2D eigenvalue weighted by Gasteiger charge is 2.42. The summed E-state index contributed by atoms with van der Waals surface area (Å²) in [5.74, 6) is -0.948. The van der Waals surface area contributed by atoms with E-state index >= 15 is 0 Å². The maximum Gasteiger partial charge on any atom is 0.251 e. The van der Waals surface area contributed by atoms with Crippen LogP contribution >= 0.6 is 11.6 Å². The fourth-order valence-corrected chi connectivity index (χ4v) is 5.11. The number of carbonyl (C=O) groups is 2. The molecule has 0 fully saturated rings. The third kappa shape index (κ3) is 4.52. The number of amides is 2. The van der Waals surface area contributed by atoms with Gasteiger partial charge >= 0.3 is 0 Å². The molecule has 2 atom stereocenters. The molecule has 1 heterocycles. The van der Waals surface area contributed by atoms with Crippen molar-refractivity contribution >= 4 is 40.5 Å². The Morgan fingerprint density at radius 3 is 2.61 bits per heavy atom. The number of aryl methyl sites for hydroxylation is 1. The standard InChI is InChI=1S/C27H25ClFN5O2/c28-22-14-19(7-10-23(22)30)34-26(15-1-5-18(29)6-2-15)21-9-3-16-13-17(4-8-20(16)25(21)33-34)27(36)32-12-11-24(31)35/h1-2,4-8,10,13-14,21,26H,3,9,11-12,30H2,(H2,31,35)(H,32,36)/t21-,26-/m0/s1. The zero-order chi connectivity index (χ0) is 25.4. The molecule has 0 spiro atoms. The van der Waals surface area contributed by atoms with Gasteiger partial charge in [0.1, 0.15) is 5.82 Å². The van der Waals surface area contributed by atoms with Gasteiger partial charge in [0, 0.05) is 30.0 Å². The fourth-order valence-electron chi connectivity index (χ4n) is 4.93. The van der Waals surface area contributed by atoms with Crippen LogP contribution in [0.3, 0.4) is 0 Å². The van der Waals surface area contributed by atoms with Crippen LogP contribution in [0.4, 0.5) is 15.8 Å². The van der Waals surface area contributed by atoms with Gasteiger partial charge in [-0.15, -0.1) is 0 Å². The number of hydrogen-bond acceptors (Lipinski definition) is 5. The molecule has 0 saturated heterocycles. The number of hydrogen-bond donors (Lipinski definition) is 3. The Bertz CT molecular complexity index is 1380. The van der Waals surface area contributed by atoms with E-state index in [0.29, 0.717) is 16.3 Å². The van der Waals surface area contributed by atoms with Gasteiger partial charge < -0.3 is 16.8 Å². The van der Waals surface area contributed by atoms with E-state index in [9.17, 15) is 14.0 Å². The first kappa shape index (κ1) is 23.8. The van der Waals surface area contributed by atoms with E-state index in [1.54, 1.807) is 30.3 Å². The summed E-state index contributed by atoms with van der Waals surface area (Å²) in [4.78, 5) is 23.5. The number of benzene rings is 3. The Balaban J connectivity index is 1.50. The van der Waals surface area contributed by atoms with Gasteiger partial charge in [-0.3, -0.25) is 14.6 Å². The first-order chi connectivity index (χ1) is 17.3. The smallest absolute Gasteiger partial charge is 0.251 e. The Kier molecular flexibility index (Phi) is 6.36. The zero-order valence-electron chi connectivity index (χ0n) is 19.4. The minimum Gasteiger partial charge on any atom is -0.398 e. The monoisotopic (exact) mass is 505 g/mol. The minimum absolute atomic E-state index is 0.0644. The van der Waals surface area contributed by atoms with Gasteiger partial charge in [-0.25, -0.2) is 4.39 Å². The summed E-state index contributed by atoms with van der Waals surface area (Å²) in [7, 11) is 0. The van der Waals surface area contributed by atoms with Crippen LogP contribution in [0.15, 0.2) is 65.8 Å².